The van der Waals surface area contributed by atoms with Crippen molar-refractivity contribution >= 4 is 0 Å². The minimum Gasteiger partial charge on any atom is -0.316 e. The molecule has 2 aliphatic heterocycles. The molecule has 0 radical (unpaired) electrons. The summed E-state index contributed by atoms with van der Waals surface area (Å²) in [6, 6.07) is 0. The lowest BCUT2D eigenvalue weighted by Gasteiger charge is -2.15. The SMILES string of the molecule is Cn1ncnc1CN1CC2CNCC2C1. The maximum Gasteiger partial charge on any atom is 0.140 e. The van der Waals surface area contributed by atoms with Gasteiger partial charge in [0.15, 0.2) is 0 Å². The molecule has 2 aliphatic rings. The molecule has 15 heavy (non-hydrogen) atoms. The zero-order valence-electron chi connectivity index (χ0n) is 9.06. The van der Waals surface area contributed by atoms with Gasteiger partial charge in [0, 0.05) is 20.1 Å². The summed E-state index contributed by atoms with van der Waals surface area (Å²) in [6.45, 7) is 5.76. The van der Waals surface area contributed by atoms with Crippen LogP contribution in [0.2, 0.25) is 0 Å². The van der Waals surface area contributed by atoms with Crippen LogP contribution in [0.25, 0.3) is 0 Å². The quantitative estimate of drug-likeness (QED) is 0.708. The van der Waals surface area contributed by atoms with Gasteiger partial charge in [-0.25, -0.2) is 4.98 Å². The molecule has 0 saturated carbocycles. The zero-order chi connectivity index (χ0) is 10.3. The molecular formula is C10H17N5. The van der Waals surface area contributed by atoms with Crippen LogP contribution in [-0.2, 0) is 13.6 Å². The molecule has 0 aromatic carbocycles. The Hall–Kier alpha value is -0.940. The van der Waals surface area contributed by atoms with Crippen molar-refractivity contribution in [3.63, 3.8) is 0 Å². The third-order valence-corrected chi connectivity index (χ3v) is 3.64. The predicted octanol–water partition coefficient (Wildman–Crippen LogP) is -0.534. The lowest BCUT2D eigenvalue weighted by atomic mass is 10.0. The maximum atomic E-state index is 4.27. The molecule has 3 rings (SSSR count). The molecule has 2 saturated heterocycles. The summed E-state index contributed by atoms with van der Waals surface area (Å²) in [7, 11) is 1.96. The molecule has 2 unspecified atom stereocenters. The van der Waals surface area contributed by atoms with E-state index in [0.717, 1.165) is 24.2 Å². The Morgan fingerprint density at radius 1 is 1.40 bits per heavy atom. The van der Waals surface area contributed by atoms with E-state index in [1.54, 1.807) is 6.33 Å². The first kappa shape index (κ1) is 9.30. The van der Waals surface area contributed by atoms with E-state index >= 15 is 0 Å². The van der Waals surface area contributed by atoms with Crippen LogP contribution in [0.4, 0.5) is 0 Å². The number of nitrogens with one attached hydrogen (secondary N) is 1. The average molecular weight is 207 g/mol. The minimum absolute atomic E-state index is 0.859. The van der Waals surface area contributed by atoms with Crippen LogP contribution in [0.3, 0.4) is 0 Å². The fraction of sp³-hybridized carbons (Fsp3) is 0.800. The molecule has 2 fully saturated rings. The average Bonchev–Trinajstić information content (AvgIpc) is 2.83. The third-order valence-electron chi connectivity index (χ3n) is 3.64. The number of hydrogen-bond donors (Lipinski definition) is 1. The summed E-state index contributed by atoms with van der Waals surface area (Å²) in [5, 5.41) is 7.55. The minimum atomic E-state index is 0.859. The molecule has 5 heteroatoms. The highest BCUT2D eigenvalue weighted by molar-refractivity contribution is 4.93. The van der Waals surface area contributed by atoms with Crippen LogP contribution in [0.1, 0.15) is 5.82 Å². The molecule has 82 valence electrons. The molecular weight excluding hydrogens is 190 g/mol. The molecule has 2 atom stereocenters. The van der Waals surface area contributed by atoms with Gasteiger partial charge >= 0.3 is 0 Å². The Kier molecular flexibility index (Phi) is 2.21. The maximum absolute atomic E-state index is 4.27. The molecule has 0 bridgehead atoms. The molecule has 0 aliphatic carbocycles. The lowest BCUT2D eigenvalue weighted by molar-refractivity contribution is 0.293. The van der Waals surface area contributed by atoms with Crippen LogP contribution in [0.5, 0.6) is 0 Å². The van der Waals surface area contributed by atoms with Crippen molar-refractivity contribution in [2.45, 2.75) is 6.54 Å². The van der Waals surface area contributed by atoms with Gasteiger partial charge in [0.1, 0.15) is 12.2 Å². The van der Waals surface area contributed by atoms with E-state index in [-0.39, 0.29) is 0 Å². The van der Waals surface area contributed by atoms with Gasteiger partial charge in [-0.3, -0.25) is 9.58 Å². The summed E-state index contributed by atoms with van der Waals surface area (Å²) in [6.07, 6.45) is 1.63. The van der Waals surface area contributed by atoms with Crippen molar-refractivity contribution in [3.8, 4) is 0 Å². The molecule has 0 amide bonds. The molecule has 5 nitrogen and oxygen atoms in total. The van der Waals surface area contributed by atoms with Crippen LogP contribution in [-0.4, -0.2) is 45.8 Å². The summed E-state index contributed by atoms with van der Waals surface area (Å²) >= 11 is 0. The second-order valence-electron chi connectivity index (χ2n) is 4.67. The van der Waals surface area contributed by atoms with E-state index in [1.165, 1.54) is 26.2 Å². The van der Waals surface area contributed by atoms with Crippen LogP contribution < -0.4 is 5.32 Å². The smallest absolute Gasteiger partial charge is 0.140 e. The lowest BCUT2D eigenvalue weighted by Crippen LogP contribution is -2.26. The van der Waals surface area contributed by atoms with E-state index in [0.29, 0.717) is 0 Å². The van der Waals surface area contributed by atoms with Gasteiger partial charge in [-0.1, -0.05) is 0 Å². The van der Waals surface area contributed by atoms with Gasteiger partial charge < -0.3 is 5.32 Å². The van der Waals surface area contributed by atoms with Crippen molar-refractivity contribution in [1.82, 2.24) is 25.0 Å². The Balaban J connectivity index is 1.64. The van der Waals surface area contributed by atoms with Gasteiger partial charge in [-0.15, -0.1) is 0 Å². The van der Waals surface area contributed by atoms with Gasteiger partial charge in [-0.05, 0) is 24.9 Å². The first-order valence-electron chi connectivity index (χ1n) is 5.59. The number of nitrogens with zero attached hydrogens (tertiary/aromatic N) is 4. The molecule has 3 heterocycles. The van der Waals surface area contributed by atoms with Crippen LogP contribution in [0.15, 0.2) is 6.33 Å². The fourth-order valence-corrected chi connectivity index (χ4v) is 2.74. The Morgan fingerprint density at radius 2 is 2.13 bits per heavy atom. The largest absolute Gasteiger partial charge is 0.316 e. The third kappa shape index (κ3) is 1.66. The van der Waals surface area contributed by atoms with Crippen molar-refractivity contribution in [1.29, 1.82) is 0 Å². The predicted molar refractivity (Wildman–Crippen MR) is 56.1 cm³/mol. The summed E-state index contributed by atoms with van der Waals surface area (Å²) in [5.74, 6) is 2.79. The number of fused-ring (bicyclic) bond motifs is 1. The second-order valence-corrected chi connectivity index (χ2v) is 4.67. The normalized spacial score (nSPS) is 31.0. The Morgan fingerprint density at radius 3 is 2.73 bits per heavy atom. The van der Waals surface area contributed by atoms with E-state index in [9.17, 15) is 0 Å². The van der Waals surface area contributed by atoms with Gasteiger partial charge in [-0.2, -0.15) is 5.10 Å². The van der Waals surface area contributed by atoms with Gasteiger partial charge in [0.25, 0.3) is 0 Å². The number of rotatable bonds is 2. The van der Waals surface area contributed by atoms with Crippen LogP contribution in [0, 0.1) is 11.8 Å². The summed E-state index contributed by atoms with van der Waals surface area (Å²) < 4.78 is 1.87. The topological polar surface area (TPSA) is 46.0 Å². The van der Waals surface area contributed by atoms with E-state index in [2.05, 4.69) is 20.3 Å². The van der Waals surface area contributed by atoms with Crippen molar-refractivity contribution in [2.75, 3.05) is 26.2 Å². The van der Waals surface area contributed by atoms with Crippen molar-refractivity contribution in [3.05, 3.63) is 12.2 Å². The Bertz CT molecular complexity index is 335. The molecule has 0 spiro atoms. The molecule has 1 N–H and O–H groups in total. The number of hydrogen-bond acceptors (Lipinski definition) is 4. The van der Waals surface area contributed by atoms with E-state index in [1.807, 2.05) is 11.7 Å². The van der Waals surface area contributed by atoms with Crippen LogP contribution >= 0.6 is 0 Å². The fourth-order valence-electron chi connectivity index (χ4n) is 2.74. The van der Waals surface area contributed by atoms with E-state index in [4.69, 9.17) is 0 Å². The number of aryl methyl sites for hydroxylation is 1. The van der Waals surface area contributed by atoms with Gasteiger partial charge in [0.05, 0.1) is 6.54 Å². The summed E-state index contributed by atoms with van der Waals surface area (Å²) in [5.41, 5.74) is 0. The highest BCUT2D eigenvalue weighted by atomic mass is 15.3. The van der Waals surface area contributed by atoms with Crippen molar-refractivity contribution < 1.29 is 0 Å². The number of likely N-dealkylation sites (tertiary alicyclic amines) is 1. The van der Waals surface area contributed by atoms with E-state index < -0.39 is 0 Å². The standard InChI is InChI=1S/C10H17N5/c1-14-10(12-7-13-14)6-15-4-8-2-11-3-9(8)5-15/h7-9,11H,2-6H2,1H3. The van der Waals surface area contributed by atoms with Gasteiger partial charge in [0.2, 0.25) is 0 Å². The second kappa shape index (κ2) is 3.57. The number of aromatic nitrogens is 3. The zero-order valence-corrected chi connectivity index (χ0v) is 9.06. The van der Waals surface area contributed by atoms with Crippen molar-refractivity contribution in [2.24, 2.45) is 18.9 Å². The molecule has 1 aromatic heterocycles. The first-order valence-corrected chi connectivity index (χ1v) is 5.59. The highest BCUT2D eigenvalue weighted by Crippen LogP contribution is 2.26. The molecule has 1 aromatic rings. The first-order chi connectivity index (χ1) is 7.33. The highest BCUT2D eigenvalue weighted by Gasteiger charge is 2.36. The summed E-state index contributed by atoms with van der Waals surface area (Å²) in [4.78, 5) is 6.77. The monoisotopic (exact) mass is 207 g/mol. The Labute approximate surface area is 89.5 Å².